The Hall–Kier alpha value is -1.82. The van der Waals surface area contributed by atoms with Crippen molar-refractivity contribution < 1.29 is 9.53 Å². The van der Waals surface area contributed by atoms with E-state index >= 15 is 0 Å². The predicted octanol–water partition coefficient (Wildman–Crippen LogP) is 1.96. The van der Waals surface area contributed by atoms with E-state index in [0.717, 1.165) is 0 Å². The molecular formula is C14H16N2O3S. The number of benzene rings is 1. The molecule has 20 heavy (non-hydrogen) atoms. The van der Waals surface area contributed by atoms with Crippen LogP contribution in [0.4, 0.5) is 0 Å². The van der Waals surface area contributed by atoms with Crippen LogP contribution in [0.25, 0.3) is 10.9 Å². The summed E-state index contributed by atoms with van der Waals surface area (Å²) < 4.78 is 6.20. The van der Waals surface area contributed by atoms with Crippen molar-refractivity contribution in [1.82, 2.24) is 9.55 Å². The number of rotatable bonds is 5. The fourth-order valence-electron chi connectivity index (χ4n) is 1.84. The first kappa shape index (κ1) is 14.6. The number of nitrogens with zero attached hydrogens (tertiary/aromatic N) is 2. The van der Waals surface area contributed by atoms with Gasteiger partial charge in [-0.2, -0.15) is 0 Å². The van der Waals surface area contributed by atoms with Crippen LogP contribution in [0.5, 0.6) is 0 Å². The zero-order chi connectivity index (χ0) is 14.5. The first-order valence-electron chi connectivity index (χ1n) is 6.24. The van der Waals surface area contributed by atoms with Gasteiger partial charge < -0.3 is 4.74 Å². The summed E-state index contributed by atoms with van der Waals surface area (Å²) in [7, 11) is 1.37. The van der Waals surface area contributed by atoms with Crippen LogP contribution in [0.2, 0.25) is 0 Å². The molecular weight excluding hydrogens is 276 g/mol. The van der Waals surface area contributed by atoms with Gasteiger partial charge in [-0.1, -0.05) is 12.1 Å². The minimum absolute atomic E-state index is 0.0429. The maximum Gasteiger partial charge on any atom is 0.306 e. The summed E-state index contributed by atoms with van der Waals surface area (Å²) in [5.41, 5.74) is 0.671. The van der Waals surface area contributed by atoms with Gasteiger partial charge in [0, 0.05) is 5.75 Å². The Morgan fingerprint density at radius 1 is 1.40 bits per heavy atom. The lowest BCUT2D eigenvalue weighted by Gasteiger charge is -2.10. The number of ether oxygens (including phenoxy) is 1. The van der Waals surface area contributed by atoms with E-state index in [1.54, 1.807) is 10.6 Å². The Morgan fingerprint density at radius 3 is 2.90 bits per heavy atom. The van der Waals surface area contributed by atoms with E-state index < -0.39 is 0 Å². The van der Waals surface area contributed by atoms with Crippen molar-refractivity contribution in [3.8, 4) is 0 Å². The quantitative estimate of drug-likeness (QED) is 0.623. The highest BCUT2D eigenvalue weighted by molar-refractivity contribution is 7.98. The number of thioether (sulfide) groups is 1. The minimum atomic E-state index is -0.238. The molecule has 0 bridgehead atoms. The number of hydrogen-bond acceptors (Lipinski definition) is 5. The fraction of sp³-hybridized carbons (Fsp3) is 0.357. The normalized spacial score (nSPS) is 10.7. The second kappa shape index (κ2) is 6.56. The van der Waals surface area contributed by atoms with E-state index in [9.17, 15) is 9.59 Å². The summed E-state index contributed by atoms with van der Waals surface area (Å²) >= 11 is 1.51. The third kappa shape index (κ3) is 3.19. The van der Waals surface area contributed by atoms with Crippen molar-refractivity contribution in [3.05, 3.63) is 40.4 Å². The summed E-state index contributed by atoms with van der Waals surface area (Å²) in [5, 5.41) is 0.617. The number of fused-ring (bicyclic) bond motifs is 1. The van der Waals surface area contributed by atoms with Crippen molar-refractivity contribution in [2.24, 2.45) is 0 Å². The van der Waals surface area contributed by atoms with Crippen molar-refractivity contribution in [2.75, 3.05) is 12.9 Å². The maximum absolute atomic E-state index is 12.4. The zero-order valence-electron chi connectivity index (χ0n) is 11.5. The van der Waals surface area contributed by atoms with Gasteiger partial charge in [-0.25, -0.2) is 4.98 Å². The standard InChI is InChI=1S/C14H16N2O3S/c1-10-15-12-6-4-3-5-11(12)14(18)16(10)9-20-8-7-13(17)19-2/h3-6H,7-9H2,1-2H3. The number of aryl methyl sites for hydroxylation is 1. The summed E-state index contributed by atoms with van der Waals surface area (Å²) in [4.78, 5) is 27.8. The molecule has 0 aliphatic heterocycles. The van der Waals surface area contributed by atoms with Crippen molar-refractivity contribution >= 4 is 28.6 Å². The average molecular weight is 292 g/mol. The molecule has 1 aromatic heterocycles. The van der Waals surface area contributed by atoms with Gasteiger partial charge >= 0.3 is 5.97 Å². The molecule has 0 aliphatic carbocycles. The van der Waals surface area contributed by atoms with Gasteiger partial charge in [0.2, 0.25) is 0 Å². The van der Waals surface area contributed by atoms with Crippen LogP contribution in [-0.4, -0.2) is 28.4 Å². The lowest BCUT2D eigenvalue weighted by Crippen LogP contribution is -2.23. The van der Waals surface area contributed by atoms with Crippen molar-refractivity contribution in [2.45, 2.75) is 19.2 Å². The third-order valence-corrected chi connectivity index (χ3v) is 3.88. The van der Waals surface area contributed by atoms with Crippen LogP contribution in [0, 0.1) is 6.92 Å². The molecule has 2 rings (SSSR count). The Bertz CT molecular complexity index is 682. The Balaban J connectivity index is 2.14. The van der Waals surface area contributed by atoms with Crippen LogP contribution in [0.3, 0.4) is 0 Å². The first-order valence-corrected chi connectivity index (χ1v) is 7.39. The molecule has 0 atom stereocenters. The van der Waals surface area contributed by atoms with Crippen LogP contribution in [-0.2, 0) is 15.4 Å². The fourth-order valence-corrected chi connectivity index (χ4v) is 2.77. The molecule has 6 heteroatoms. The molecule has 0 radical (unpaired) electrons. The topological polar surface area (TPSA) is 61.2 Å². The van der Waals surface area contributed by atoms with Crippen LogP contribution in [0.15, 0.2) is 29.1 Å². The second-order valence-electron chi connectivity index (χ2n) is 4.27. The van der Waals surface area contributed by atoms with Crippen molar-refractivity contribution in [3.63, 3.8) is 0 Å². The number of para-hydroxylation sites is 1. The Morgan fingerprint density at radius 2 is 2.15 bits per heavy atom. The molecule has 0 unspecified atom stereocenters. The van der Waals surface area contributed by atoms with E-state index in [4.69, 9.17) is 0 Å². The molecule has 0 N–H and O–H groups in total. The molecule has 0 aliphatic rings. The SMILES string of the molecule is COC(=O)CCSCn1c(C)nc2ccccc2c1=O. The van der Waals surface area contributed by atoms with Gasteiger partial charge in [-0.3, -0.25) is 14.2 Å². The maximum atomic E-state index is 12.4. The molecule has 106 valence electrons. The van der Waals surface area contributed by atoms with Gasteiger partial charge in [0.05, 0.1) is 30.3 Å². The van der Waals surface area contributed by atoms with E-state index in [1.165, 1.54) is 18.9 Å². The van der Waals surface area contributed by atoms with Crippen LogP contribution in [0.1, 0.15) is 12.2 Å². The van der Waals surface area contributed by atoms with Gasteiger partial charge in [-0.15, -0.1) is 11.8 Å². The number of esters is 1. The molecule has 0 spiro atoms. The molecule has 5 nitrogen and oxygen atoms in total. The van der Waals surface area contributed by atoms with Gasteiger partial charge in [-0.05, 0) is 19.1 Å². The first-order chi connectivity index (χ1) is 9.63. The van der Waals surface area contributed by atoms with Crippen LogP contribution < -0.4 is 5.56 Å². The lowest BCUT2D eigenvalue weighted by molar-refractivity contribution is -0.140. The van der Waals surface area contributed by atoms with E-state index in [2.05, 4.69) is 9.72 Å². The largest absolute Gasteiger partial charge is 0.469 e. The molecule has 1 heterocycles. The number of carbonyl (C=O) groups excluding carboxylic acids is 1. The zero-order valence-corrected chi connectivity index (χ0v) is 12.3. The number of methoxy groups -OCH3 is 1. The van der Waals surface area contributed by atoms with Gasteiger partial charge in [0.25, 0.3) is 5.56 Å². The van der Waals surface area contributed by atoms with E-state index in [-0.39, 0.29) is 11.5 Å². The number of carbonyl (C=O) groups is 1. The second-order valence-corrected chi connectivity index (χ2v) is 5.35. The Labute approximate surface area is 121 Å². The molecule has 0 saturated heterocycles. The number of aromatic nitrogens is 2. The summed E-state index contributed by atoms with van der Waals surface area (Å²) in [6, 6.07) is 7.30. The molecule has 1 aromatic carbocycles. The van der Waals surface area contributed by atoms with Gasteiger partial charge in [0.1, 0.15) is 5.82 Å². The number of hydrogen-bond donors (Lipinski definition) is 0. The Kier molecular flexibility index (Phi) is 4.79. The molecule has 2 aromatic rings. The summed E-state index contributed by atoms with van der Waals surface area (Å²) in [5.74, 6) is 1.54. The van der Waals surface area contributed by atoms with E-state index in [0.29, 0.717) is 34.8 Å². The highest BCUT2D eigenvalue weighted by Crippen LogP contribution is 2.11. The molecule has 0 saturated carbocycles. The highest BCUT2D eigenvalue weighted by Gasteiger charge is 2.08. The van der Waals surface area contributed by atoms with Crippen LogP contribution >= 0.6 is 11.8 Å². The summed E-state index contributed by atoms with van der Waals surface area (Å²) in [6.45, 7) is 1.81. The third-order valence-electron chi connectivity index (χ3n) is 2.95. The minimum Gasteiger partial charge on any atom is -0.469 e. The predicted molar refractivity (Wildman–Crippen MR) is 79.8 cm³/mol. The van der Waals surface area contributed by atoms with Gasteiger partial charge in [0.15, 0.2) is 0 Å². The highest BCUT2D eigenvalue weighted by atomic mass is 32.2. The van der Waals surface area contributed by atoms with E-state index in [1.807, 2.05) is 25.1 Å². The molecule has 0 fully saturated rings. The lowest BCUT2D eigenvalue weighted by atomic mass is 10.2. The summed E-state index contributed by atoms with van der Waals surface area (Å²) in [6.07, 6.45) is 0.343. The smallest absolute Gasteiger partial charge is 0.306 e. The monoisotopic (exact) mass is 292 g/mol. The average Bonchev–Trinajstić information content (AvgIpc) is 2.46. The molecule has 0 amide bonds. The van der Waals surface area contributed by atoms with Crippen molar-refractivity contribution in [1.29, 1.82) is 0 Å².